The van der Waals surface area contributed by atoms with Gasteiger partial charge in [-0.2, -0.15) is 0 Å². The van der Waals surface area contributed by atoms with E-state index in [0.717, 1.165) is 29.0 Å². The summed E-state index contributed by atoms with van der Waals surface area (Å²) in [4.78, 5) is 12.4. The van der Waals surface area contributed by atoms with Crippen molar-refractivity contribution in [3.8, 4) is 11.5 Å². The molecule has 132 valence electrons. The number of para-hydroxylation sites is 2. The molecule has 0 saturated carbocycles. The molecule has 2 aromatic rings. The molecule has 0 fully saturated rings. The summed E-state index contributed by atoms with van der Waals surface area (Å²) in [6.45, 7) is 7.01. The van der Waals surface area contributed by atoms with Crippen molar-refractivity contribution in [1.82, 2.24) is 5.32 Å². The number of benzene rings is 2. The summed E-state index contributed by atoms with van der Waals surface area (Å²) >= 11 is 0. The zero-order valence-electron chi connectivity index (χ0n) is 15.0. The van der Waals surface area contributed by atoms with Crippen LogP contribution < -0.4 is 14.8 Å². The maximum atomic E-state index is 12.4. The standard InChI is InChI=1S/C21H25NO3/c1-21(2,3)16-9-5-7-11-19(16)25-14-20(23)22-17-12-13-24-18-10-6-4-8-15(17)18/h4-11,17H,12-14H2,1-3H3,(H,22,23)/t17-/m0/s1. The van der Waals surface area contributed by atoms with Gasteiger partial charge < -0.3 is 14.8 Å². The molecule has 1 atom stereocenters. The zero-order valence-corrected chi connectivity index (χ0v) is 15.0. The molecule has 0 aliphatic carbocycles. The third kappa shape index (κ3) is 4.13. The number of carbonyl (C=O) groups is 1. The minimum Gasteiger partial charge on any atom is -0.493 e. The van der Waals surface area contributed by atoms with Gasteiger partial charge in [0.15, 0.2) is 6.61 Å². The smallest absolute Gasteiger partial charge is 0.258 e. The van der Waals surface area contributed by atoms with Crippen molar-refractivity contribution < 1.29 is 14.3 Å². The molecule has 4 heteroatoms. The molecule has 2 aromatic carbocycles. The second kappa shape index (κ2) is 7.18. The molecule has 4 nitrogen and oxygen atoms in total. The van der Waals surface area contributed by atoms with Crippen LogP contribution in [0.3, 0.4) is 0 Å². The number of fused-ring (bicyclic) bond motifs is 1. The molecular weight excluding hydrogens is 314 g/mol. The number of hydrogen-bond donors (Lipinski definition) is 1. The maximum Gasteiger partial charge on any atom is 0.258 e. The van der Waals surface area contributed by atoms with Crippen molar-refractivity contribution >= 4 is 5.91 Å². The lowest BCUT2D eigenvalue weighted by atomic mass is 9.86. The van der Waals surface area contributed by atoms with E-state index in [1.54, 1.807) is 0 Å². The predicted molar refractivity (Wildman–Crippen MR) is 98.1 cm³/mol. The molecule has 0 aromatic heterocycles. The minimum atomic E-state index is -0.120. The first-order valence-electron chi connectivity index (χ1n) is 8.68. The van der Waals surface area contributed by atoms with E-state index < -0.39 is 0 Å². The summed E-state index contributed by atoms with van der Waals surface area (Å²) in [5, 5.41) is 3.06. The monoisotopic (exact) mass is 339 g/mol. The fourth-order valence-corrected chi connectivity index (χ4v) is 3.08. The minimum absolute atomic E-state index is 0.00656. The van der Waals surface area contributed by atoms with Crippen molar-refractivity contribution in [2.24, 2.45) is 0 Å². The number of nitrogens with one attached hydrogen (secondary N) is 1. The van der Waals surface area contributed by atoms with E-state index in [0.29, 0.717) is 6.61 Å². The molecule has 0 unspecified atom stereocenters. The van der Waals surface area contributed by atoms with Crippen LogP contribution in [0.15, 0.2) is 48.5 Å². The van der Waals surface area contributed by atoms with Gasteiger partial charge in [0.2, 0.25) is 0 Å². The number of rotatable bonds is 4. The van der Waals surface area contributed by atoms with Crippen LogP contribution in [0.1, 0.15) is 44.4 Å². The van der Waals surface area contributed by atoms with Gasteiger partial charge in [-0.25, -0.2) is 0 Å². The Kier molecular flexibility index (Phi) is 4.98. The van der Waals surface area contributed by atoms with Crippen LogP contribution in [-0.4, -0.2) is 19.1 Å². The van der Waals surface area contributed by atoms with Gasteiger partial charge in [-0.1, -0.05) is 57.2 Å². The fraction of sp³-hybridized carbons (Fsp3) is 0.381. The van der Waals surface area contributed by atoms with E-state index >= 15 is 0 Å². The first-order chi connectivity index (χ1) is 11.9. The Morgan fingerprint density at radius 2 is 1.88 bits per heavy atom. The van der Waals surface area contributed by atoms with E-state index in [4.69, 9.17) is 9.47 Å². The topological polar surface area (TPSA) is 47.6 Å². The van der Waals surface area contributed by atoms with Gasteiger partial charge in [0, 0.05) is 12.0 Å². The van der Waals surface area contributed by atoms with Gasteiger partial charge in [-0.15, -0.1) is 0 Å². The first kappa shape index (κ1) is 17.3. The van der Waals surface area contributed by atoms with Gasteiger partial charge in [0.05, 0.1) is 12.6 Å². The third-order valence-corrected chi connectivity index (χ3v) is 4.35. The maximum absolute atomic E-state index is 12.4. The summed E-state index contributed by atoms with van der Waals surface area (Å²) in [6, 6.07) is 15.7. The van der Waals surface area contributed by atoms with Crippen LogP contribution >= 0.6 is 0 Å². The quantitative estimate of drug-likeness (QED) is 0.916. The lowest BCUT2D eigenvalue weighted by Crippen LogP contribution is -2.35. The Morgan fingerprint density at radius 1 is 1.16 bits per heavy atom. The first-order valence-corrected chi connectivity index (χ1v) is 8.68. The third-order valence-electron chi connectivity index (χ3n) is 4.35. The fourth-order valence-electron chi connectivity index (χ4n) is 3.08. The van der Waals surface area contributed by atoms with Gasteiger partial charge >= 0.3 is 0 Å². The summed E-state index contributed by atoms with van der Waals surface area (Å²) < 4.78 is 11.4. The van der Waals surface area contributed by atoms with E-state index in [1.165, 1.54) is 0 Å². The lowest BCUT2D eigenvalue weighted by molar-refractivity contribution is -0.124. The van der Waals surface area contributed by atoms with Gasteiger partial charge in [0.25, 0.3) is 5.91 Å². The van der Waals surface area contributed by atoms with E-state index in [9.17, 15) is 4.79 Å². The highest BCUT2D eigenvalue weighted by Gasteiger charge is 2.23. The molecule has 3 rings (SSSR count). The van der Waals surface area contributed by atoms with Crippen molar-refractivity contribution in [2.75, 3.05) is 13.2 Å². The lowest BCUT2D eigenvalue weighted by Gasteiger charge is -2.27. The average molecular weight is 339 g/mol. The number of carbonyl (C=O) groups excluding carboxylic acids is 1. The predicted octanol–water partition coefficient (Wildman–Crippen LogP) is 4.00. The van der Waals surface area contributed by atoms with Crippen molar-refractivity contribution in [2.45, 2.75) is 38.6 Å². The molecule has 25 heavy (non-hydrogen) atoms. The van der Waals surface area contributed by atoms with E-state index in [1.807, 2.05) is 48.5 Å². The number of ether oxygens (including phenoxy) is 2. The Labute approximate surface area is 149 Å². The van der Waals surface area contributed by atoms with Crippen molar-refractivity contribution in [1.29, 1.82) is 0 Å². The molecule has 1 aliphatic heterocycles. The summed E-state index contributed by atoms with van der Waals surface area (Å²) in [6.07, 6.45) is 0.765. The van der Waals surface area contributed by atoms with Crippen LogP contribution in [0.25, 0.3) is 0 Å². The highest BCUT2D eigenvalue weighted by Crippen LogP contribution is 2.32. The van der Waals surface area contributed by atoms with Crippen LogP contribution in [-0.2, 0) is 10.2 Å². The molecular formula is C21H25NO3. The molecule has 0 radical (unpaired) electrons. The molecule has 1 aliphatic rings. The van der Waals surface area contributed by atoms with Gasteiger partial charge in [-0.05, 0) is 23.1 Å². The molecule has 1 N–H and O–H groups in total. The Morgan fingerprint density at radius 3 is 2.68 bits per heavy atom. The average Bonchev–Trinajstić information content (AvgIpc) is 2.60. The van der Waals surface area contributed by atoms with E-state index in [-0.39, 0.29) is 24.0 Å². The molecule has 1 heterocycles. The van der Waals surface area contributed by atoms with Crippen LogP contribution in [0, 0.1) is 0 Å². The Bertz CT molecular complexity index is 749. The SMILES string of the molecule is CC(C)(C)c1ccccc1OCC(=O)N[C@H]1CCOc2ccccc21. The number of amides is 1. The highest BCUT2D eigenvalue weighted by atomic mass is 16.5. The second-order valence-electron chi connectivity index (χ2n) is 7.33. The van der Waals surface area contributed by atoms with Crippen molar-refractivity contribution in [3.63, 3.8) is 0 Å². The molecule has 0 spiro atoms. The summed E-state index contributed by atoms with van der Waals surface area (Å²) in [7, 11) is 0. The van der Waals surface area contributed by atoms with Gasteiger partial charge in [0.1, 0.15) is 11.5 Å². The highest BCUT2D eigenvalue weighted by molar-refractivity contribution is 5.78. The van der Waals surface area contributed by atoms with Crippen LogP contribution in [0.5, 0.6) is 11.5 Å². The molecule has 0 bridgehead atoms. The normalized spacial score (nSPS) is 16.5. The number of hydrogen-bond acceptors (Lipinski definition) is 3. The molecule has 1 amide bonds. The van der Waals surface area contributed by atoms with Gasteiger partial charge in [-0.3, -0.25) is 4.79 Å². The Balaban J connectivity index is 1.64. The second-order valence-corrected chi connectivity index (χ2v) is 7.33. The largest absolute Gasteiger partial charge is 0.493 e. The van der Waals surface area contributed by atoms with Crippen LogP contribution in [0.2, 0.25) is 0 Å². The summed E-state index contributed by atoms with van der Waals surface area (Å²) in [5.74, 6) is 1.49. The molecule has 0 saturated heterocycles. The van der Waals surface area contributed by atoms with E-state index in [2.05, 4.69) is 26.1 Å². The van der Waals surface area contributed by atoms with Crippen LogP contribution in [0.4, 0.5) is 0 Å². The Hall–Kier alpha value is -2.49. The van der Waals surface area contributed by atoms with Crippen molar-refractivity contribution in [3.05, 3.63) is 59.7 Å². The summed E-state index contributed by atoms with van der Waals surface area (Å²) in [5.41, 5.74) is 2.09. The zero-order chi connectivity index (χ0) is 17.9.